The number of fused-ring (bicyclic) bond motifs is 3. The first-order chi connectivity index (χ1) is 14.4. The number of thiophene rings is 1. The van der Waals surface area contributed by atoms with Gasteiger partial charge >= 0.3 is 5.69 Å². The van der Waals surface area contributed by atoms with Crippen molar-refractivity contribution in [3.05, 3.63) is 60.6 Å². The van der Waals surface area contributed by atoms with Crippen LogP contribution in [-0.2, 0) is 19.5 Å². The van der Waals surface area contributed by atoms with Crippen LogP contribution in [-0.4, -0.2) is 52.7 Å². The van der Waals surface area contributed by atoms with Crippen LogP contribution in [0.1, 0.15) is 23.8 Å². The van der Waals surface area contributed by atoms with Gasteiger partial charge in [0.1, 0.15) is 4.83 Å². The summed E-state index contributed by atoms with van der Waals surface area (Å²) in [5.41, 5.74) is 1.18. The van der Waals surface area contributed by atoms with Crippen LogP contribution in [0.25, 0.3) is 15.9 Å². The number of benzene rings is 1. The van der Waals surface area contributed by atoms with E-state index in [4.69, 9.17) is 11.6 Å². The Morgan fingerprint density at radius 1 is 1.17 bits per heavy atom. The minimum absolute atomic E-state index is 0.219. The van der Waals surface area contributed by atoms with Gasteiger partial charge in [-0.25, -0.2) is 9.36 Å². The Morgan fingerprint density at radius 2 is 1.90 bits per heavy atom. The molecule has 8 heteroatoms. The molecule has 0 N–H and O–H groups in total. The van der Waals surface area contributed by atoms with Gasteiger partial charge in [0.25, 0.3) is 5.56 Å². The SMILES string of the molecule is CCN1CCc2c(sc3c2c(=O)n(-c2ccc(Cl)cc2)c(=O)n3CCCN(C)C)C1. The lowest BCUT2D eigenvalue weighted by Gasteiger charge is -2.24. The van der Waals surface area contributed by atoms with E-state index in [9.17, 15) is 9.59 Å². The third-order valence-electron chi connectivity index (χ3n) is 5.72. The molecule has 1 aliphatic rings. The summed E-state index contributed by atoms with van der Waals surface area (Å²) in [5, 5.41) is 1.29. The number of halogens is 1. The smallest absolute Gasteiger partial charge is 0.309 e. The average molecular weight is 447 g/mol. The minimum Gasteiger partial charge on any atom is -0.309 e. The van der Waals surface area contributed by atoms with E-state index in [1.54, 1.807) is 40.2 Å². The average Bonchev–Trinajstić information content (AvgIpc) is 3.10. The van der Waals surface area contributed by atoms with Gasteiger partial charge in [-0.15, -0.1) is 11.3 Å². The van der Waals surface area contributed by atoms with E-state index in [0.29, 0.717) is 22.6 Å². The third kappa shape index (κ3) is 3.87. The number of aryl methyl sites for hydroxylation is 1. The first-order valence-electron chi connectivity index (χ1n) is 10.3. The summed E-state index contributed by atoms with van der Waals surface area (Å²) in [7, 11) is 4.05. The summed E-state index contributed by atoms with van der Waals surface area (Å²) >= 11 is 7.64. The van der Waals surface area contributed by atoms with Gasteiger partial charge in [-0.3, -0.25) is 14.3 Å². The number of hydrogen-bond acceptors (Lipinski definition) is 5. The molecule has 0 spiro atoms. The van der Waals surface area contributed by atoms with E-state index in [0.717, 1.165) is 49.4 Å². The van der Waals surface area contributed by atoms with Gasteiger partial charge in [-0.2, -0.15) is 0 Å². The third-order valence-corrected chi connectivity index (χ3v) is 7.21. The highest BCUT2D eigenvalue weighted by atomic mass is 35.5. The van der Waals surface area contributed by atoms with Crippen LogP contribution < -0.4 is 11.2 Å². The lowest BCUT2D eigenvalue weighted by Crippen LogP contribution is -2.39. The van der Waals surface area contributed by atoms with Crippen molar-refractivity contribution in [2.45, 2.75) is 32.9 Å². The van der Waals surface area contributed by atoms with E-state index in [1.807, 2.05) is 14.1 Å². The molecular weight excluding hydrogens is 420 g/mol. The molecule has 3 aromatic rings. The summed E-state index contributed by atoms with van der Waals surface area (Å²) in [6.45, 7) is 6.38. The van der Waals surface area contributed by atoms with Crippen LogP contribution in [0.2, 0.25) is 5.02 Å². The van der Waals surface area contributed by atoms with Crippen LogP contribution in [0, 0.1) is 0 Å². The number of rotatable bonds is 6. The van der Waals surface area contributed by atoms with Gasteiger partial charge in [0.2, 0.25) is 0 Å². The second-order valence-corrected chi connectivity index (χ2v) is 9.53. The molecule has 3 heterocycles. The molecule has 0 fully saturated rings. The zero-order chi connectivity index (χ0) is 21.4. The second-order valence-electron chi connectivity index (χ2n) is 8.01. The number of aromatic nitrogens is 2. The van der Waals surface area contributed by atoms with Gasteiger partial charge < -0.3 is 4.90 Å². The molecule has 160 valence electrons. The molecule has 6 nitrogen and oxygen atoms in total. The quantitative estimate of drug-likeness (QED) is 0.583. The van der Waals surface area contributed by atoms with Gasteiger partial charge in [-0.1, -0.05) is 18.5 Å². The largest absolute Gasteiger partial charge is 0.336 e. The molecule has 4 rings (SSSR count). The van der Waals surface area contributed by atoms with Gasteiger partial charge in [0, 0.05) is 29.5 Å². The van der Waals surface area contributed by atoms with Crippen molar-refractivity contribution in [2.75, 3.05) is 33.7 Å². The van der Waals surface area contributed by atoms with Gasteiger partial charge in [-0.05, 0) is 69.9 Å². The first kappa shape index (κ1) is 21.3. The molecule has 0 amide bonds. The van der Waals surface area contributed by atoms with Crippen molar-refractivity contribution in [3.63, 3.8) is 0 Å². The van der Waals surface area contributed by atoms with E-state index in [1.165, 1.54) is 9.44 Å². The van der Waals surface area contributed by atoms with Crippen molar-refractivity contribution in [1.29, 1.82) is 0 Å². The van der Waals surface area contributed by atoms with Crippen LogP contribution in [0.4, 0.5) is 0 Å². The molecule has 1 aromatic carbocycles. The van der Waals surface area contributed by atoms with Crippen molar-refractivity contribution >= 4 is 33.2 Å². The summed E-state index contributed by atoms with van der Waals surface area (Å²) in [6.07, 6.45) is 1.68. The Kier molecular flexibility index (Phi) is 6.16. The summed E-state index contributed by atoms with van der Waals surface area (Å²) in [5.74, 6) is 0. The van der Waals surface area contributed by atoms with Gasteiger partial charge in [0.05, 0.1) is 11.1 Å². The Morgan fingerprint density at radius 3 is 2.57 bits per heavy atom. The van der Waals surface area contributed by atoms with E-state index in [-0.39, 0.29) is 11.2 Å². The predicted octanol–water partition coefficient (Wildman–Crippen LogP) is 3.20. The predicted molar refractivity (Wildman–Crippen MR) is 125 cm³/mol. The second kappa shape index (κ2) is 8.67. The molecule has 2 aromatic heterocycles. The normalized spacial score (nSPS) is 14.6. The summed E-state index contributed by atoms with van der Waals surface area (Å²) in [6, 6.07) is 6.90. The molecule has 0 radical (unpaired) electrons. The maximum Gasteiger partial charge on any atom is 0.336 e. The van der Waals surface area contributed by atoms with E-state index >= 15 is 0 Å². The monoisotopic (exact) mass is 446 g/mol. The zero-order valence-corrected chi connectivity index (χ0v) is 19.2. The maximum absolute atomic E-state index is 13.6. The highest BCUT2D eigenvalue weighted by molar-refractivity contribution is 7.18. The molecule has 30 heavy (non-hydrogen) atoms. The Balaban J connectivity index is 1.94. The van der Waals surface area contributed by atoms with Crippen molar-refractivity contribution in [2.24, 2.45) is 0 Å². The number of nitrogens with zero attached hydrogens (tertiary/aromatic N) is 4. The molecule has 0 aliphatic carbocycles. The number of likely N-dealkylation sites (N-methyl/N-ethyl adjacent to an activating group) is 1. The fraction of sp³-hybridized carbons (Fsp3) is 0.455. The van der Waals surface area contributed by atoms with Crippen LogP contribution in [0.15, 0.2) is 33.9 Å². The number of hydrogen-bond donors (Lipinski definition) is 0. The minimum atomic E-state index is -0.278. The highest BCUT2D eigenvalue weighted by Gasteiger charge is 2.26. The topological polar surface area (TPSA) is 50.5 Å². The lowest BCUT2D eigenvalue weighted by atomic mass is 10.1. The Labute approximate surface area is 184 Å². The highest BCUT2D eigenvalue weighted by Crippen LogP contribution is 2.33. The van der Waals surface area contributed by atoms with Crippen LogP contribution in [0.5, 0.6) is 0 Å². The zero-order valence-electron chi connectivity index (χ0n) is 17.7. The van der Waals surface area contributed by atoms with Gasteiger partial charge in [0.15, 0.2) is 0 Å². The molecular formula is C22H27ClN4O2S. The van der Waals surface area contributed by atoms with E-state index < -0.39 is 0 Å². The maximum atomic E-state index is 13.6. The fourth-order valence-electron chi connectivity index (χ4n) is 4.09. The van der Waals surface area contributed by atoms with Crippen molar-refractivity contribution in [1.82, 2.24) is 18.9 Å². The standard InChI is InChI=1S/C22H27ClN4O2S/c1-4-25-13-10-17-18(14-25)30-21-19(17)20(28)27(16-8-6-15(23)7-9-16)22(29)26(21)12-5-11-24(2)3/h6-9H,4-5,10-14H2,1-3H3. The van der Waals surface area contributed by atoms with Crippen molar-refractivity contribution in [3.8, 4) is 5.69 Å². The molecule has 0 saturated heterocycles. The van der Waals surface area contributed by atoms with Crippen molar-refractivity contribution < 1.29 is 0 Å². The molecule has 0 saturated carbocycles. The molecule has 0 bridgehead atoms. The van der Waals surface area contributed by atoms with Crippen LogP contribution in [0.3, 0.4) is 0 Å². The summed E-state index contributed by atoms with van der Waals surface area (Å²) in [4.78, 5) is 33.5. The molecule has 0 atom stereocenters. The lowest BCUT2D eigenvalue weighted by molar-refractivity contribution is 0.272. The first-order valence-corrected chi connectivity index (χ1v) is 11.5. The Bertz CT molecular complexity index is 1180. The van der Waals surface area contributed by atoms with Crippen LogP contribution >= 0.6 is 22.9 Å². The molecule has 1 aliphatic heterocycles. The molecule has 0 unspecified atom stereocenters. The fourth-order valence-corrected chi connectivity index (χ4v) is 5.61. The Hall–Kier alpha value is -1.93. The summed E-state index contributed by atoms with van der Waals surface area (Å²) < 4.78 is 3.11. The van der Waals surface area contributed by atoms with E-state index in [2.05, 4.69) is 16.7 Å².